The fourth-order valence-electron chi connectivity index (χ4n) is 1.77. The number of methoxy groups -OCH3 is 1. The van der Waals surface area contributed by atoms with Crippen LogP contribution in [-0.2, 0) is 11.3 Å². The molecule has 2 aromatic rings. The minimum absolute atomic E-state index is 0.113. The monoisotopic (exact) mass is 271 g/mol. The van der Waals surface area contributed by atoms with Crippen molar-refractivity contribution in [1.82, 2.24) is 10.3 Å². The van der Waals surface area contributed by atoms with Gasteiger partial charge in [-0.25, -0.2) is 0 Å². The van der Waals surface area contributed by atoms with Gasteiger partial charge in [-0.1, -0.05) is 18.2 Å². The van der Waals surface area contributed by atoms with Crippen LogP contribution in [0.15, 0.2) is 48.8 Å². The van der Waals surface area contributed by atoms with Gasteiger partial charge in [0.2, 0.25) is 5.91 Å². The minimum atomic E-state index is -0.113. The molecule has 20 heavy (non-hydrogen) atoms. The number of nitrogens with one attached hydrogen (secondary N) is 2. The van der Waals surface area contributed by atoms with Gasteiger partial charge in [-0.05, 0) is 23.8 Å². The molecule has 1 aromatic carbocycles. The molecule has 0 unspecified atom stereocenters. The Labute approximate surface area is 118 Å². The first-order chi connectivity index (χ1) is 9.79. The van der Waals surface area contributed by atoms with Gasteiger partial charge in [0.15, 0.2) is 0 Å². The molecule has 0 fully saturated rings. The summed E-state index contributed by atoms with van der Waals surface area (Å²) >= 11 is 0. The van der Waals surface area contributed by atoms with E-state index in [1.807, 2.05) is 24.3 Å². The van der Waals surface area contributed by atoms with Crippen molar-refractivity contribution in [1.29, 1.82) is 0 Å². The molecular weight excluding hydrogens is 254 g/mol. The summed E-state index contributed by atoms with van der Waals surface area (Å²) in [7, 11) is 1.58. The van der Waals surface area contributed by atoms with Gasteiger partial charge in [0, 0.05) is 18.9 Å². The lowest BCUT2D eigenvalue weighted by molar-refractivity contribution is -0.115. The summed E-state index contributed by atoms with van der Waals surface area (Å²) < 4.78 is 5.18. The third-order valence-electron chi connectivity index (χ3n) is 2.72. The summed E-state index contributed by atoms with van der Waals surface area (Å²) in [4.78, 5) is 15.8. The van der Waals surface area contributed by atoms with E-state index >= 15 is 0 Å². The van der Waals surface area contributed by atoms with Crippen LogP contribution in [0.25, 0.3) is 0 Å². The second-order valence-corrected chi connectivity index (χ2v) is 4.21. The van der Waals surface area contributed by atoms with E-state index in [4.69, 9.17) is 4.74 Å². The summed E-state index contributed by atoms with van der Waals surface area (Å²) in [5, 5.41) is 5.87. The Bertz CT molecular complexity index is 558. The number of amides is 1. The molecule has 1 heterocycles. The van der Waals surface area contributed by atoms with Gasteiger partial charge in [-0.3, -0.25) is 9.78 Å². The lowest BCUT2D eigenvalue weighted by atomic mass is 10.3. The van der Waals surface area contributed by atoms with E-state index in [1.54, 1.807) is 31.6 Å². The number of benzene rings is 1. The highest BCUT2D eigenvalue weighted by atomic mass is 16.5. The van der Waals surface area contributed by atoms with Crippen LogP contribution in [0, 0.1) is 0 Å². The Balaban J connectivity index is 1.81. The Morgan fingerprint density at radius 1 is 1.25 bits per heavy atom. The number of carbonyl (C=O) groups is 1. The molecule has 0 bridgehead atoms. The van der Waals surface area contributed by atoms with Crippen molar-refractivity contribution in [2.75, 3.05) is 19.0 Å². The van der Waals surface area contributed by atoms with Crippen molar-refractivity contribution in [3.8, 4) is 5.75 Å². The molecule has 1 amide bonds. The number of para-hydroxylation sites is 2. The normalized spacial score (nSPS) is 10.1. The van der Waals surface area contributed by atoms with Gasteiger partial charge in [0.05, 0.1) is 19.3 Å². The predicted molar refractivity (Wildman–Crippen MR) is 77.6 cm³/mol. The Morgan fingerprint density at radius 3 is 2.85 bits per heavy atom. The second kappa shape index (κ2) is 7.25. The smallest absolute Gasteiger partial charge is 0.238 e. The topological polar surface area (TPSA) is 63.2 Å². The van der Waals surface area contributed by atoms with Crippen LogP contribution < -0.4 is 15.4 Å². The van der Waals surface area contributed by atoms with Crippen molar-refractivity contribution >= 4 is 11.6 Å². The highest BCUT2D eigenvalue weighted by molar-refractivity contribution is 5.93. The maximum Gasteiger partial charge on any atom is 0.238 e. The lowest BCUT2D eigenvalue weighted by Crippen LogP contribution is -2.27. The van der Waals surface area contributed by atoms with Crippen molar-refractivity contribution in [2.24, 2.45) is 0 Å². The van der Waals surface area contributed by atoms with Crippen LogP contribution in [0.1, 0.15) is 5.56 Å². The first kappa shape index (κ1) is 14.0. The zero-order valence-corrected chi connectivity index (χ0v) is 11.3. The van der Waals surface area contributed by atoms with E-state index < -0.39 is 0 Å². The van der Waals surface area contributed by atoms with Gasteiger partial charge >= 0.3 is 0 Å². The van der Waals surface area contributed by atoms with Crippen LogP contribution in [0.5, 0.6) is 5.75 Å². The molecular formula is C15H17N3O2. The van der Waals surface area contributed by atoms with Gasteiger partial charge < -0.3 is 15.4 Å². The number of anilines is 1. The van der Waals surface area contributed by atoms with E-state index in [9.17, 15) is 4.79 Å². The third kappa shape index (κ3) is 4.07. The molecule has 5 nitrogen and oxygen atoms in total. The third-order valence-corrected chi connectivity index (χ3v) is 2.72. The zero-order chi connectivity index (χ0) is 14.2. The average Bonchev–Trinajstić information content (AvgIpc) is 2.49. The lowest BCUT2D eigenvalue weighted by Gasteiger charge is -2.10. The molecule has 0 saturated heterocycles. The van der Waals surface area contributed by atoms with Crippen LogP contribution in [-0.4, -0.2) is 24.5 Å². The van der Waals surface area contributed by atoms with E-state index in [0.29, 0.717) is 18.0 Å². The van der Waals surface area contributed by atoms with E-state index in [0.717, 1.165) is 5.56 Å². The second-order valence-electron chi connectivity index (χ2n) is 4.21. The number of aromatic nitrogens is 1. The van der Waals surface area contributed by atoms with Gasteiger partial charge in [0.25, 0.3) is 0 Å². The Kier molecular flexibility index (Phi) is 5.08. The summed E-state index contributed by atoms with van der Waals surface area (Å²) in [6.45, 7) is 0.833. The Morgan fingerprint density at radius 2 is 2.10 bits per heavy atom. The molecule has 0 saturated carbocycles. The van der Waals surface area contributed by atoms with Gasteiger partial charge in [0.1, 0.15) is 5.75 Å². The fraction of sp³-hybridized carbons (Fsp3) is 0.200. The van der Waals surface area contributed by atoms with Crippen LogP contribution >= 0.6 is 0 Å². The molecule has 0 atom stereocenters. The van der Waals surface area contributed by atoms with Crippen LogP contribution in [0.2, 0.25) is 0 Å². The SMILES string of the molecule is COc1ccccc1NC(=O)CNCc1cccnc1. The molecule has 0 aliphatic carbocycles. The maximum atomic E-state index is 11.8. The van der Waals surface area contributed by atoms with Crippen molar-refractivity contribution in [2.45, 2.75) is 6.54 Å². The first-order valence-corrected chi connectivity index (χ1v) is 6.32. The standard InChI is InChI=1S/C15H17N3O2/c1-20-14-7-3-2-6-13(14)18-15(19)11-17-10-12-5-4-8-16-9-12/h2-9,17H,10-11H2,1H3,(H,18,19). The Hall–Kier alpha value is -2.40. The summed E-state index contributed by atoms with van der Waals surface area (Å²) in [6, 6.07) is 11.1. The quantitative estimate of drug-likeness (QED) is 0.841. The van der Waals surface area contributed by atoms with Crippen LogP contribution in [0.3, 0.4) is 0 Å². The molecule has 1 aromatic heterocycles. The molecule has 0 aliphatic heterocycles. The zero-order valence-electron chi connectivity index (χ0n) is 11.3. The van der Waals surface area contributed by atoms with Crippen molar-refractivity contribution in [3.05, 3.63) is 54.4 Å². The molecule has 2 rings (SSSR count). The number of nitrogens with zero attached hydrogens (tertiary/aromatic N) is 1. The van der Waals surface area contributed by atoms with E-state index in [-0.39, 0.29) is 12.5 Å². The highest BCUT2D eigenvalue weighted by Crippen LogP contribution is 2.22. The van der Waals surface area contributed by atoms with Crippen molar-refractivity contribution in [3.63, 3.8) is 0 Å². The molecule has 2 N–H and O–H groups in total. The summed E-state index contributed by atoms with van der Waals surface area (Å²) in [5.41, 5.74) is 1.71. The number of ether oxygens (including phenoxy) is 1. The number of carbonyl (C=O) groups excluding carboxylic acids is 1. The van der Waals surface area contributed by atoms with Crippen LogP contribution in [0.4, 0.5) is 5.69 Å². The molecule has 0 radical (unpaired) electrons. The van der Waals surface area contributed by atoms with E-state index in [2.05, 4.69) is 15.6 Å². The first-order valence-electron chi connectivity index (χ1n) is 6.32. The van der Waals surface area contributed by atoms with Gasteiger partial charge in [-0.15, -0.1) is 0 Å². The maximum absolute atomic E-state index is 11.8. The number of hydrogen-bond acceptors (Lipinski definition) is 4. The number of pyridine rings is 1. The molecule has 0 aliphatic rings. The summed E-state index contributed by atoms with van der Waals surface area (Å²) in [5.74, 6) is 0.534. The fourth-order valence-corrected chi connectivity index (χ4v) is 1.77. The molecule has 0 spiro atoms. The van der Waals surface area contributed by atoms with Crippen molar-refractivity contribution < 1.29 is 9.53 Å². The summed E-state index contributed by atoms with van der Waals surface area (Å²) in [6.07, 6.45) is 3.49. The number of rotatable bonds is 6. The van der Waals surface area contributed by atoms with E-state index in [1.165, 1.54) is 0 Å². The molecule has 104 valence electrons. The largest absolute Gasteiger partial charge is 0.495 e. The van der Waals surface area contributed by atoms with Gasteiger partial charge in [-0.2, -0.15) is 0 Å². The minimum Gasteiger partial charge on any atom is -0.495 e. The highest BCUT2D eigenvalue weighted by Gasteiger charge is 2.06. The molecule has 5 heteroatoms. The predicted octanol–water partition coefficient (Wildman–Crippen LogP) is 1.82. The number of hydrogen-bond donors (Lipinski definition) is 2. The average molecular weight is 271 g/mol.